The molecule has 0 spiro atoms. The molecule has 1 atom stereocenters. The monoisotopic (exact) mass is 643 g/mol. The molecule has 2 heterocycles. The van der Waals surface area contributed by atoms with Gasteiger partial charge in [0, 0.05) is 29.2 Å². The summed E-state index contributed by atoms with van der Waals surface area (Å²) in [4.78, 5) is 10.9. The lowest BCUT2D eigenvalue weighted by Gasteiger charge is -2.35. The molecule has 0 saturated carbocycles. The SMILES string of the molecule is CC(C)n1cc(S(=O)(=O)N2C[C@H](CCC(=O)O)Oc3ccc(/C=C/c4c(Cl)cccc4C(F)(F)F)cc32)c(OCCO)n1. The molecule has 1 aromatic heterocycles. The summed E-state index contributed by atoms with van der Waals surface area (Å²) in [5, 5.41) is 22.5. The van der Waals surface area contributed by atoms with E-state index in [1.165, 1.54) is 53.4 Å². The molecule has 232 valence electrons. The van der Waals surface area contributed by atoms with Gasteiger partial charge in [-0.05, 0) is 50.1 Å². The van der Waals surface area contributed by atoms with Crippen LogP contribution in [0.3, 0.4) is 0 Å². The Balaban J connectivity index is 1.80. The molecule has 0 aliphatic carbocycles. The van der Waals surface area contributed by atoms with E-state index in [9.17, 15) is 36.6 Å². The quantitative estimate of drug-likeness (QED) is 0.262. The van der Waals surface area contributed by atoms with E-state index in [4.69, 9.17) is 21.1 Å². The van der Waals surface area contributed by atoms with Gasteiger partial charge in [-0.3, -0.25) is 13.8 Å². The minimum atomic E-state index is -4.65. The number of carboxylic acid groups (broad SMARTS) is 1. The molecule has 1 aliphatic rings. The van der Waals surface area contributed by atoms with Crippen molar-refractivity contribution in [2.24, 2.45) is 0 Å². The van der Waals surface area contributed by atoms with E-state index in [1.807, 2.05) is 0 Å². The van der Waals surface area contributed by atoms with Crippen LogP contribution >= 0.6 is 11.6 Å². The number of ether oxygens (including phenoxy) is 2. The molecule has 3 aromatic rings. The summed E-state index contributed by atoms with van der Waals surface area (Å²) in [5.41, 5.74) is -0.764. The van der Waals surface area contributed by atoms with Crippen LogP contribution in [0.2, 0.25) is 5.02 Å². The molecule has 15 heteroatoms. The first-order valence-electron chi connectivity index (χ1n) is 13.1. The normalized spacial score (nSPS) is 15.5. The Hall–Kier alpha value is -3.75. The molecule has 10 nitrogen and oxygen atoms in total. The van der Waals surface area contributed by atoms with Crippen molar-refractivity contribution in [2.75, 3.05) is 24.1 Å². The van der Waals surface area contributed by atoms with Gasteiger partial charge in [-0.1, -0.05) is 35.9 Å². The second-order valence-electron chi connectivity index (χ2n) is 9.91. The first-order chi connectivity index (χ1) is 20.2. The second kappa shape index (κ2) is 12.9. The zero-order valence-electron chi connectivity index (χ0n) is 23.1. The van der Waals surface area contributed by atoms with Gasteiger partial charge in [0.1, 0.15) is 18.5 Å². The topological polar surface area (TPSA) is 131 Å². The number of sulfonamides is 1. The summed E-state index contributed by atoms with van der Waals surface area (Å²) in [6.07, 6.45) is -1.88. The number of benzene rings is 2. The maximum absolute atomic E-state index is 14.1. The van der Waals surface area contributed by atoms with Gasteiger partial charge in [0.2, 0.25) is 0 Å². The fourth-order valence-corrected chi connectivity index (χ4v) is 6.19. The number of halogens is 4. The van der Waals surface area contributed by atoms with E-state index in [-0.39, 0.29) is 71.4 Å². The molecule has 0 fully saturated rings. The zero-order valence-corrected chi connectivity index (χ0v) is 24.7. The smallest absolute Gasteiger partial charge is 0.417 e. The third kappa shape index (κ3) is 7.25. The number of alkyl halides is 3. The largest absolute Gasteiger partial charge is 0.486 e. The first kappa shape index (κ1) is 32.2. The van der Waals surface area contributed by atoms with Crippen LogP contribution < -0.4 is 13.8 Å². The molecule has 43 heavy (non-hydrogen) atoms. The Kier molecular flexibility index (Phi) is 9.62. The number of aliphatic hydroxyl groups excluding tert-OH is 1. The van der Waals surface area contributed by atoms with Crippen LogP contribution in [0, 0.1) is 0 Å². The summed E-state index contributed by atoms with van der Waals surface area (Å²) in [6, 6.07) is 7.62. The number of carbonyl (C=O) groups is 1. The Morgan fingerprint density at radius 1 is 1.26 bits per heavy atom. The average molecular weight is 644 g/mol. The van der Waals surface area contributed by atoms with Crippen LogP contribution in [0.15, 0.2) is 47.5 Å². The van der Waals surface area contributed by atoms with Gasteiger partial charge in [-0.15, -0.1) is 5.10 Å². The number of rotatable bonds is 11. The van der Waals surface area contributed by atoms with Crippen molar-refractivity contribution in [3.05, 3.63) is 64.3 Å². The molecular formula is C28H29ClF3N3O7S. The van der Waals surface area contributed by atoms with E-state index < -0.39 is 33.8 Å². The number of carboxylic acids is 1. The van der Waals surface area contributed by atoms with Crippen LogP contribution in [0.5, 0.6) is 11.6 Å². The fourth-order valence-electron chi connectivity index (χ4n) is 4.39. The summed E-state index contributed by atoms with van der Waals surface area (Å²) in [6.45, 7) is 2.71. The lowest BCUT2D eigenvalue weighted by Crippen LogP contribution is -2.43. The highest BCUT2D eigenvalue weighted by molar-refractivity contribution is 7.93. The molecule has 4 rings (SSSR count). The van der Waals surface area contributed by atoms with Gasteiger partial charge in [0.25, 0.3) is 15.9 Å². The predicted octanol–water partition coefficient (Wildman–Crippen LogP) is 5.50. The lowest BCUT2D eigenvalue weighted by molar-refractivity contribution is -0.138. The average Bonchev–Trinajstić information content (AvgIpc) is 3.39. The Labute approximate surface area is 250 Å². The van der Waals surface area contributed by atoms with Crippen molar-refractivity contribution in [3.8, 4) is 11.6 Å². The molecule has 0 saturated heterocycles. The maximum Gasteiger partial charge on any atom is 0.417 e. The van der Waals surface area contributed by atoms with Gasteiger partial charge in [-0.25, -0.2) is 8.42 Å². The van der Waals surface area contributed by atoms with Gasteiger partial charge in [0.15, 0.2) is 4.90 Å². The number of hydrogen-bond donors (Lipinski definition) is 2. The van der Waals surface area contributed by atoms with Crippen molar-refractivity contribution >= 4 is 45.4 Å². The number of aliphatic hydroxyl groups is 1. The molecule has 0 unspecified atom stereocenters. The Bertz CT molecular complexity index is 1620. The minimum absolute atomic E-state index is 0.00823. The number of aliphatic carboxylic acids is 1. The van der Waals surface area contributed by atoms with E-state index >= 15 is 0 Å². The third-order valence-electron chi connectivity index (χ3n) is 6.49. The molecule has 2 aromatic carbocycles. The van der Waals surface area contributed by atoms with E-state index in [1.54, 1.807) is 13.8 Å². The van der Waals surface area contributed by atoms with Gasteiger partial charge in [-0.2, -0.15) is 13.2 Å². The molecular weight excluding hydrogens is 615 g/mol. The summed E-state index contributed by atoms with van der Waals surface area (Å²) >= 11 is 6.08. The summed E-state index contributed by atoms with van der Waals surface area (Å²) in [5.74, 6) is -1.18. The van der Waals surface area contributed by atoms with Gasteiger partial charge < -0.3 is 19.7 Å². The van der Waals surface area contributed by atoms with E-state index in [2.05, 4.69) is 5.10 Å². The van der Waals surface area contributed by atoms with E-state index in [0.29, 0.717) is 5.56 Å². The van der Waals surface area contributed by atoms with Crippen molar-refractivity contribution in [1.29, 1.82) is 0 Å². The molecule has 0 bridgehead atoms. The summed E-state index contributed by atoms with van der Waals surface area (Å²) in [7, 11) is -4.42. The summed E-state index contributed by atoms with van der Waals surface area (Å²) < 4.78 is 82.8. The highest BCUT2D eigenvalue weighted by Crippen LogP contribution is 2.41. The van der Waals surface area contributed by atoms with Crippen molar-refractivity contribution in [3.63, 3.8) is 0 Å². The van der Waals surface area contributed by atoms with Crippen molar-refractivity contribution in [2.45, 2.75) is 49.9 Å². The van der Waals surface area contributed by atoms with Crippen LogP contribution in [-0.4, -0.2) is 60.2 Å². The second-order valence-corrected chi connectivity index (χ2v) is 12.2. The highest BCUT2D eigenvalue weighted by atomic mass is 35.5. The van der Waals surface area contributed by atoms with Crippen molar-refractivity contribution < 1.29 is 46.1 Å². The zero-order chi connectivity index (χ0) is 31.5. The highest BCUT2D eigenvalue weighted by Gasteiger charge is 2.38. The molecule has 1 aliphatic heterocycles. The van der Waals surface area contributed by atoms with Gasteiger partial charge >= 0.3 is 12.1 Å². The minimum Gasteiger partial charge on any atom is -0.486 e. The third-order valence-corrected chi connectivity index (χ3v) is 8.58. The maximum atomic E-state index is 14.1. The number of nitrogens with zero attached hydrogens (tertiary/aromatic N) is 3. The fraction of sp³-hybridized carbons (Fsp3) is 0.357. The Morgan fingerprint density at radius 2 is 2.00 bits per heavy atom. The van der Waals surface area contributed by atoms with Crippen LogP contribution in [-0.2, 0) is 21.0 Å². The Morgan fingerprint density at radius 3 is 2.65 bits per heavy atom. The number of fused-ring (bicyclic) bond motifs is 1. The molecule has 0 radical (unpaired) electrons. The lowest BCUT2D eigenvalue weighted by atomic mass is 10.0. The predicted molar refractivity (Wildman–Crippen MR) is 153 cm³/mol. The van der Waals surface area contributed by atoms with E-state index in [0.717, 1.165) is 10.4 Å². The van der Waals surface area contributed by atoms with Crippen LogP contribution in [0.4, 0.5) is 18.9 Å². The number of hydrogen-bond acceptors (Lipinski definition) is 7. The van der Waals surface area contributed by atoms with Crippen LogP contribution in [0.25, 0.3) is 12.2 Å². The first-order valence-corrected chi connectivity index (χ1v) is 15.0. The number of aromatic nitrogens is 2. The molecule has 2 N–H and O–H groups in total. The van der Waals surface area contributed by atoms with Crippen molar-refractivity contribution in [1.82, 2.24) is 9.78 Å². The standard InChI is InChI=1S/C28H29ClF3N3O7S/c1-17(2)34-16-25(27(33-34)41-13-12-36)43(39,40)35-15-19(8-11-26(37)38)42-24-10-7-18(14-23(24)35)6-9-20-21(28(30,31)32)4-3-5-22(20)29/h3-7,9-10,14,16-17,19,36H,8,11-13,15H2,1-2H3,(H,37,38)/b9-6+/t19-/m0/s1. The van der Waals surface area contributed by atoms with Crippen LogP contribution in [0.1, 0.15) is 49.4 Å². The molecule has 0 amide bonds. The van der Waals surface area contributed by atoms with Gasteiger partial charge in [0.05, 0.1) is 24.4 Å². The number of anilines is 1.